The highest BCUT2D eigenvalue weighted by atomic mass is 32.2. The molecule has 0 atom stereocenters. The number of hydrogen-bond donors (Lipinski definition) is 3. The second kappa shape index (κ2) is 8.64. The van der Waals surface area contributed by atoms with E-state index in [1.54, 1.807) is 19.2 Å². The zero-order valence-corrected chi connectivity index (χ0v) is 15.3. The molecule has 0 heterocycles. The SMILES string of the molecule is CN=C(NCCc1ccc(S(N)(=O)=O)cc1)NCc1ccccc1C. The predicted molar refractivity (Wildman–Crippen MR) is 101 cm³/mol. The van der Waals surface area contributed by atoms with Crippen LogP contribution >= 0.6 is 0 Å². The average molecular weight is 360 g/mol. The molecular weight excluding hydrogens is 336 g/mol. The lowest BCUT2D eigenvalue weighted by Crippen LogP contribution is -2.38. The zero-order chi connectivity index (χ0) is 18.3. The van der Waals surface area contributed by atoms with Gasteiger partial charge < -0.3 is 10.6 Å². The zero-order valence-electron chi connectivity index (χ0n) is 14.5. The van der Waals surface area contributed by atoms with Crippen molar-refractivity contribution < 1.29 is 8.42 Å². The van der Waals surface area contributed by atoms with Crippen molar-refractivity contribution in [1.82, 2.24) is 10.6 Å². The Kier molecular flexibility index (Phi) is 6.55. The lowest BCUT2D eigenvalue weighted by molar-refractivity contribution is 0.598. The van der Waals surface area contributed by atoms with Gasteiger partial charge in [-0.1, -0.05) is 36.4 Å². The van der Waals surface area contributed by atoms with Gasteiger partial charge in [-0.05, 0) is 42.2 Å². The van der Waals surface area contributed by atoms with Crippen molar-refractivity contribution in [3.05, 3.63) is 65.2 Å². The van der Waals surface area contributed by atoms with Crippen molar-refractivity contribution in [3.8, 4) is 0 Å². The van der Waals surface area contributed by atoms with E-state index in [0.717, 1.165) is 17.9 Å². The number of aryl methyl sites for hydroxylation is 1. The smallest absolute Gasteiger partial charge is 0.238 e. The fourth-order valence-corrected chi connectivity index (χ4v) is 2.89. The summed E-state index contributed by atoms with van der Waals surface area (Å²) in [6.07, 6.45) is 0.746. The summed E-state index contributed by atoms with van der Waals surface area (Å²) in [7, 11) is -1.91. The summed E-state index contributed by atoms with van der Waals surface area (Å²) in [5, 5.41) is 11.6. The number of aliphatic imine (C=N–C) groups is 1. The Morgan fingerprint density at radius 2 is 1.76 bits per heavy atom. The molecule has 134 valence electrons. The Hall–Kier alpha value is -2.38. The molecule has 2 aromatic carbocycles. The molecule has 0 saturated heterocycles. The minimum Gasteiger partial charge on any atom is -0.356 e. The highest BCUT2D eigenvalue weighted by Gasteiger charge is 2.06. The van der Waals surface area contributed by atoms with Crippen LogP contribution in [0.1, 0.15) is 16.7 Å². The van der Waals surface area contributed by atoms with Crippen molar-refractivity contribution in [2.75, 3.05) is 13.6 Å². The molecule has 7 heteroatoms. The first kappa shape index (κ1) is 19.0. The molecule has 0 bridgehead atoms. The molecule has 0 aliphatic heterocycles. The van der Waals surface area contributed by atoms with Crippen LogP contribution in [0.3, 0.4) is 0 Å². The van der Waals surface area contributed by atoms with E-state index < -0.39 is 10.0 Å². The molecule has 0 amide bonds. The number of sulfonamides is 1. The number of nitrogens with zero attached hydrogens (tertiary/aromatic N) is 1. The summed E-state index contributed by atoms with van der Waals surface area (Å²) in [6, 6.07) is 14.8. The predicted octanol–water partition coefficient (Wildman–Crippen LogP) is 1.55. The summed E-state index contributed by atoms with van der Waals surface area (Å²) in [4.78, 5) is 4.33. The van der Waals surface area contributed by atoms with Crippen molar-refractivity contribution in [3.63, 3.8) is 0 Å². The van der Waals surface area contributed by atoms with Gasteiger partial charge >= 0.3 is 0 Å². The fraction of sp³-hybridized carbons (Fsp3) is 0.278. The standard InChI is InChI=1S/C18H24N4O2S/c1-14-5-3-4-6-16(14)13-22-18(20-2)21-12-11-15-7-9-17(10-8-15)25(19,23)24/h3-10H,11-13H2,1-2H3,(H2,19,23,24)(H2,20,21,22). The minimum absolute atomic E-state index is 0.125. The lowest BCUT2D eigenvalue weighted by atomic mass is 10.1. The number of nitrogens with one attached hydrogen (secondary N) is 2. The third-order valence-corrected chi connectivity index (χ3v) is 4.82. The Morgan fingerprint density at radius 3 is 2.36 bits per heavy atom. The summed E-state index contributed by atoms with van der Waals surface area (Å²) >= 11 is 0. The Balaban J connectivity index is 1.82. The maximum atomic E-state index is 11.2. The molecule has 2 aromatic rings. The minimum atomic E-state index is -3.64. The molecule has 4 N–H and O–H groups in total. The normalized spacial score (nSPS) is 12.0. The Morgan fingerprint density at radius 1 is 1.08 bits per heavy atom. The van der Waals surface area contributed by atoms with Crippen molar-refractivity contribution in [2.45, 2.75) is 24.8 Å². The van der Waals surface area contributed by atoms with Crippen LogP contribution < -0.4 is 15.8 Å². The molecule has 0 saturated carbocycles. The maximum Gasteiger partial charge on any atom is 0.238 e. The quantitative estimate of drug-likeness (QED) is 0.538. The van der Waals surface area contributed by atoms with Crippen molar-refractivity contribution >= 4 is 16.0 Å². The molecule has 0 aliphatic rings. The third-order valence-electron chi connectivity index (χ3n) is 3.89. The van der Waals surface area contributed by atoms with Crippen LogP contribution in [0.5, 0.6) is 0 Å². The molecule has 25 heavy (non-hydrogen) atoms. The number of primary sulfonamides is 1. The second-order valence-corrected chi connectivity index (χ2v) is 7.28. The van der Waals surface area contributed by atoms with Gasteiger partial charge in [0.05, 0.1) is 4.90 Å². The summed E-state index contributed by atoms with van der Waals surface area (Å²) in [5.41, 5.74) is 3.48. The molecule has 0 fully saturated rings. The monoisotopic (exact) mass is 360 g/mol. The van der Waals surface area contributed by atoms with Crippen LogP contribution in [0, 0.1) is 6.92 Å². The van der Waals surface area contributed by atoms with E-state index in [4.69, 9.17) is 5.14 Å². The molecule has 0 unspecified atom stereocenters. The number of hydrogen-bond acceptors (Lipinski definition) is 3. The van der Waals surface area contributed by atoms with E-state index in [1.807, 2.05) is 12.1 Å². The van der Waals surface area contributed by atoms with Crippen molar-refractivity contribution in [2.24, 2.45) is 10.1 Å². The summed E-state index contributed by atoms with van der Waals surface area (Å²) in [5.74, 6) is 0.726. The first-order valence-corrected chi connectivity index (χ1v) is 9.55. The Bertz CT molecular complexity index is 830. The number of guanidine groups is 1. The van der Waals surface area contributed by atoms with Gasteiger partial charge in [-0.3, -0.25) is 4.99 Å². The topological polar surface area (TPSA) is 96.6 Å². The molecule has 0 radical (unpaired) electrons. The molecular formula is C18H24N4O2S. The maximum absolute atomic E-state index is 11.2. The van der Waals surface area contributed by atoms with Gasteiger partial charge in [0, 0.05) is 20.1 Å². The average Bonchev–Trinajstić information content (AvgIpc) is 2.59. The van der Waals surface area contributed by atoms with Crippen LogP contribution in [0.25, 0.3) is 0 Å². The first-order chi connectivity index (χ1) is 11.9. The van der Waals surface area contributed by atoms with E-state index >= 15 is 0 Å². The van der Waals surface area contributed by atoms with Crippen LogP contribution in [0.4, 0.5) is 0 Å². The second-order valence-electron chi connectivity index (χ2n) is 5.72. The number of rotatable bonds is 6. The van der Waals surface area contributed by atoms with E-state index in [1.165, 1.54) is 23.3 Å². The van der Waals surface area contributed by atoms with Gasteiger partial charge in [0.1, 0.15) is 0 Å². The van der Waals surface area contributed by atoms with Crippen LogP contribution in [0.2, 0.25) is 0 Å². The summed E-state index contributed by atoms with van der Waals surface area (Å²) < 4.78 is 22.5. The number of benzene rings is 2. The molecule has 6 nitrogen and oxygen atoms in total. The molecule has 2 rings (SSSR count). The van der Waals surface area contributed by atoms with Gasteiger partial charge in [0.15, 0.2) is 5.96 Å². The van der Waals surface area contributed by atoms with E-state index in [-0.39, 0.29) is 4.90 Å². The number of nitrogens with two attached hydrogens (primary N) is 1. The van der Waals surface area contributed by atoms with E-state index in [9.17, 15) is 8.42 Å². The molecule has 0 aromatic heterocycles. The van der Waals surface area contributed by atoms with Gasteiger partial charge in [-0.25, -0.2) is 13.6 Å². The van der Waals surface area contributed by atoms with E-state index in [0.29, 0.717) is 13.1 Å². The van der Waals surface area contributed by atoms with Crippen molar-refractivity contribution in [1.29, 1.82) is 0 Å². The first-order valence-electron chi connectivity index (χ1n) is 8.01. The lowest BCUT2D eigenvalue weighted by Gasteiger charge is -2.13. The third kappa shape index (κ3) is 5.88. The van der Waals surface area contributed by atoms with E-state index in [2.05, 4.69) is 34.7 Å². The van der Waals surface area contributed by atoms with Gasteiger partial charge in [-0.15, -0.1) is 0 Å². The van der Waals surface area contributed by atoms with Crippen LogP contribution in [0.15, 0.2) is 58.4 Å². The highest BCUT2D eigenvalue weighted by molar-refractivity contribution is 7.89. The van der Waals surface area contributed by atoms with Gasteiger partial charge in [0.25, 0.3) is 0 Å². The Labute approximate surface area is 149 Å². The largest absolute Gasteiger partial charge is 0.356 e. The van der Waals surface area contributed by atoms with Crippen LogP contribution in [-0.4, -0.2) is 28.0 Å². The molecule has 0 aliphatic carbocycles. The van der Waals surface area contributed by atoms with Crippen LogP contribution in [-0.2, 0) is 23.0 Å². The van der Waals surface area contributed by atoms with Gasteiger partial charge in [0.2, 0.25) is 10.0 Å². The molecule has 0 spiro atoms. The summed E-state index contributed by atoms with van der Waals surface area (Å²) in [6.45, 7) is 3.47. The highest BCUT2D eigenvalue weighted by Crippen LogP contribution is 2.09. The fourth-order valence-electron chi connectivity index (χ4n) is 2.38. The van der Waals surface area contributed by atoms with Gasteiger partial charge in [-0.2, -0.15) is 0 Å².